The minimum Gasteiger partial charge on any atom is -0.457 e. The highest BCUT2D eigenvalue weighted by Crippen LogP contribution is 2.23. The van der Waals surface area contributed by atoms with E-state index in [2.05, 4.69) is 20.9 Å². The highest BCUT2D eigenvalue weighted by atomic mass is 79.9. The molecule has 0 aliphatic carbocycles. The van der Waals surface area contributed by atoms with Gasteiger partial charge < -0.3 is 9.30 Å². The second kappa shape index (κ2) is 7.50. The molecule has 4 aromatic rings. The van der Waals surface area contributed by atoms with Crippen LogP contribution in [-0.4, -0.2) is 10.5 Å². The molecule has 134 valence electrons. The number of amides is 1. The first kappa shape index (κ1) is 17.7. The van der Waals surface area contributed by atoms with Crippen LogP contribution in [0.25, 0.3) is 10.2 Å². The van der Waals surface area contributed by atoms with Crippen molar-refractivity contribution in [2.75, 3.05) is 0 Å². The zero-order chi connectivity index (χ0) is 18.8. The van der Waals surface area contributed by atoms with Gasteiger partial charge >= 0.3 is 0 Å². The van der Waals surface area contributed by atoms with Gasteiger partial charge in [0.15, 0.2) is 4.80 Å². The predicted molar refractivity (Wildman–Crippen MR) is 111 cm³/mol. The van der Waals surface area contributed by atoms with Crippen LogP contribution in [0.3, 0.4) is 0 Å². The lowest BCUT2D eigenvalue weighted by Crippen LogP contribution is -2.13. The number of carbonyl (C=O) groups excluding carboxylic acids is 1. The molecule has 0 saturated heterocycles. The molecule has 0 saturated carbocycles. The second-order valence-electron chi connectivity index (χ2n) is 5.91. The fourth-order valence-corrected chi connectivity index (χ4v) is 4.22. The molecule has 0 radical (unpaired) electrons. The quantitative estimate of drug-likeness (QED) is 0.421. The molecule has 0 aliphatic heterocycles. The Balaban J connectivity index is 1.60. The van der Waals surface area contributed by atoms with Crippen molar-refractivity contribution in [1.29, 1.82) is 0 Å². The van der Waals surface area contributed by atoms with Gasteiger partial charge in [0.05, 0.1) is 10.2 Å². The molecule has 27 heavy (non-hydrogen) atoms. The zero-order valence-corrected chi connectivity index (χ0v) is 16.8. The van der Waals surface area contributed by atoms with Gasteiger partial charge in [0, 0.05) is 17.1 Å². The summed E-state index contributed by atoms with van der Waals surface area (Å²) in [7, 11) is 1.91. The molecule has 1 aromatic heterocycles. The maximum absolute atomic E-state index is 12.6. The first-order chi connectivity index (χ1) is 13.1. The third-order valence-corrected chi connectivity index (χ3v) is 5.64. The fourth-order valence-electron chi connectivity index (χ4n) is 2.66. The van der Waals surface area contributed by atoms with Crippen LogP contribution < -0.4 is 9.54 Å². The second-order valence-corrected chi connectivity index (χ2v) is 7.84. The Morgan fingerprint density at radius 2 is 1.70 bits per heavy atom. The monoisotopic (exact) mass is 438 g/mol. The van der Waals surface area contributed by atoms with Gasteiger partial charge in [0.1, 0.15) is 11.5 Å². The van der Waals surface area contributed by atoms with Crippen molar-refractivity contribution >= 4 is 43.4 Å². The standard InChI is InChI=1S/C21H15BrN2O2S/c1-24-18-12-9-15(22)13-19(18)27-21(24)23-20(25)14-7-10-17(11-8-14)26-16-5-3-2-4-6-16/h2-13H,1H3. The maximum atomic E-state index is 12.6. The van der Waals surface area contributed by atoms with E-state index in [0.29, 0.717) is 16.1 Å². The third-order valence-electron chi connectivity index (χ3n) is 4.05. The van der Waals surface area contributed by atoms with E-state index in [0.717, 1.165) is 20.4 Å². The van der Waals surface area contributed by atoms with Gasteiger partial charge in [-0.15, -0.1) is 0 Å². The fraction of sp³-hybridized carbons (Fsp3) is 0.0476. The van der Waals surface area contributed by atoms with Crippen molar-refractivity contribution in [3.05, 3.63) is 87.6 Å². The van der Waals surface area contributed by atoms with E-state index in [9.17, 15) is 4.79 Å². The molecule has 4 nitrogen and oxygen atoms in total. The van der Waals surface area contributed by atoms with Gasteiger partial charge in [0.2, 0.25) is 0 Å². The van der Waals surface area contributed by atoms with Crippen molar-refractivity contribution < 1.29 is 9.53 Å². The van der Waals surface area contributed by atoms with Crippen molar-refractivity contribution in [1.82, 2.24) is 4.57 Å². The van der Waals surface area contributed by atoms with Crippen molar-refractivity contribution in [2.24, 2.45) is 12.0 Å². The summed E-state index contributed by atoms with van der Waals surface area (Å²) < 4.78 is 9.76. The number of hydrogen-bond donors (Lipinski definition) is 0. The van der Waals surface area contributed by atoms with Gasteiger partial charge in [-0.25, -0.2) is 0 Å². The molecule has 0 fully saturated rings. The third kappa shape index (κ3) is 3.86. The highest BCUT2D eigenvalue weighted by Gasteiger charge is 2.08. The van der Waals surface area contributed by atoms with E-state index in [4.69, 9.17) is 4.74 Å². The molecular formula is C21H15BrN2O2S. The van der Waals surface area contributed by atoms with Crippen molar-refractivity contribution in [2.45, 2.75) is 0 Å². The molecule has 4 rings (SSSR count). The first-order valence-corrected chi connectivity index (χ1v) is 9.88. The number of para-hydroxylation sites is 1. The normalized spacial score (nSPS) is 11.7. The Morgan fingerprint density at radius 1 is 1.00 bits per heavy atom. The van der Waals surface area contributed by atoms with E-state index >= 15 is 0 Å². The SMILES string of the molecule is Cn1c(=NC(=O)c2ccc(Oc3ccccc3)cc2)sc2cc(Br)ccc21. The minimum atomic E-state index is -0.275. The van der Waals surface area contributed by atoms with Gasteiger partial charge in [0.25, 0.3) is 5.91 Å². The van der Waals surface area contributed by atoms with Crippen LogP contribution in [0.15, 0.2) is 82.3 Å². The van der Waals surface area contributed by atoms with Crippen LogP contribution in [0.4, 0.5) is 0 Å². The Morgan fingerprint density at radius 3 is 2.44 bits per heavy atom. The highest BCUT2D eigenvalue weighted by molar-refractivity contribution is 9.10. The van der Waals surface area contributed by atoms with E-state index in [-0.39, 0.29) is 5.91 Å². The lowest BCUT2D eigenvalue weighted by molar-refractivity contribution is 0.0998. The van der Waals surface area contributed by atoms with Gasteiger partial charge in [-0.3, -0.25) is 4.79 Å². The first-order valence-electron chi connectivity index (χ1n) is 8.27. The number of aryl methyl sites for hydroxylation is 1. The van der Waals surface area contributed by atoms with Gasteiger partial charge in [-0.1, -0.05) is 45.5 Å². The number of fused-ring (bicyclic) bond motifs is 1. The van der Waals surface area contributed by atoms with E-state index in [1.807, 2.05) is 60.1 Å². The smallest absolute Gasteiger partial charge is 0.279 e. The summed E-state index contributed by atoms with van der Waals surface area (Å²) in [5.41, 5.74) is 1.57. The van der Waals surface area contributed by atoms with Crippen LogP contribution >= 0.6 is 27.3 Å². The average molecular weight is 439 g/mol. The largest absolute Gasteiger partial charge is 0.457 e. The molecule has 3 aromatic carbocycles. The number of benzene rings is 3. The van der Waals surface area contributed by atoms with Crippen LogP contribution in [-0.2, 0) is 7.05 Å². The topological polar surface area (TPSA) is 43.6 Å². The van der Waals surface area contributed by atoms with Crippen LogP contribution in [0.1, 0.15) is 10.4 Å². The Labute approximate surface area is 168 Å². The number of aromatic nitrogens is 1. The predicted octanol–water partition coefficient (Wildman–Crippen LogP) is 5.54. The number of nitrogens with zero attached hydrogens (tertiary/aromatic N) is 2. The Hall–Kier alpha value is -2.70. The Kier molecular flexibility index (Phi) is 4.92. The van der Waals surface area contributed by atoms with Crippen molar-refractivity contribution in [3.8, 4) is 11.5 Å². The lowest BCUT2D eigenvalue weighted by Gasteiger charge is -2.05. The summed E-state index contributed by atoms with van der Waals surface area (Å²) in [4.78, 5) is 17.5. The molecule has 0 aliphatic rings. The number of halogens is 1. The van der Waals surface area contributed by atoms with Gasteiger partial charge in [-0.05, 0) is 54.6 Å². The minimum absolute atomic E-state index is 0.275. The van der Waals surface area contributed by atoms with Crippen LogP contribution in [0.2, 0.25) is 0 Å². The zero-order valence-electron chi connectivity index (χ0n) is 14.4. The number of carbonyl (C=O) groups is 1. The summed E-state index contributed by atoms with van der Waals surface area (Å²) in [6.07, 6.45) is 0. The number of ether oxygens (including phenoxy) is 1. The molecule has 1 amide bonds. The average Bonchev–Trinajstić information content (AvgIpc) is 2.98. The van der Waals surface area contributed by atoms with Crippen LogP contribution in [0.5, 0.6) is 11.5 Å². The van der Waals surface area contributed by atoms with Crippen molar-refractivity contribution in [3.63, 3.8) is 0 Å². The molecular weight excluding hydrogens is 424 g/mol. The summed E-state index contributed by atoms with van der Waals surface area (Å²) in [5.74, 6) is 1.15. The molecule has 0 spiro atoms. The summed E-state index contributed by atoms with van der Waals surface area (Å²) >= 11 is 4.96. The number of rotatable bonds is 3. The van der Waals surface area contributed by atoms with Gasteiger partial charge in [-0.2, -0.15) is 4.99 Å². The summed E-state index contributed by atoms with van der Waals surface area (Å²) in [5, 5.41) is 0. The van der Waals surface area contributed by atoms with E-state index < -0.39 is 0 Å². The lowest BCUT2D eigenvalue weighted by atomic mass is 10.2. The summed E-state index contributed by atoms with van der Waals surface area (Å²) in [6.45, 7) is 0. The molecule has 0 atom stereocenters. The molecule has 1 heterocycles. The molecule has 6 heteroatoms. The Bertz CT molecular complexity index is 1180. The maximum Gasteiger partial charge on any atom is 0.279 e. The van der Waals surface area contributed by atoms with E-state index in [1.54, 1.807) is 24.3 Å². The molecule has 0 N–H and O–H groups in total. The molecule has 0 bridgehead atoms. The van der Waals surface area contributed by atoms with Crippen LogP contribution in [0, 0.1) is 0 Å². The van der Waals surface area contributed by atoms with E-state index in [1.165, 1.54) is 11.3 Å². The molecule has 0 unspecified atom stereocenters. The number of thiazole rings is 1. The summed E-state index contributed by atoms with van der Waals surface area (Å²) in [6, 6.07) is 22.6. The number of hydrogen-bond acceptors (Lipinski definition) is 3.